The predicted octanol–water partition coefficient (Wildman–Crippen LogP) is 2.28. The van der Waals surface area contributed by atoms with Gasteiger partial charge < -0.3 is 10.0 Å². The maximum Gasteiger partial charge on any atom is 0.304 e. The molecule has 3 rings (SSSR count). The molecule has 6 heteroatoms. The first-order valence-corrected chi connectivity index (χ1v) is 8.45. The van der Waals surface area contributed by atoms with Crippen LogP contribution in [-0.4, -0.2) is 41.9 Å². The van der Waals surface area contributed by atoms with E-state index in [2.05, 4.69) is 10.3 Å². The molecule has 2 N–H and O–H groups in total. The fourth-order valence-corrected chi connectivity index (χ4v) is 3.05. The summed E-state index contributed by atoms with van der Waals surface area (Å²) in [4.78, 5) is 30.1. The van der Waals surface area contributed by atoms with Crippen molar-refractivity contribution in [2.45, 2.75) is 25.6 Å². The Hall–Kier alpha value is -2.99. The van der Waals surface area contributed by atoms with E-state index in [1.165, 1.54) is 0 Å². The molecule has 134 valence electrons. The molecule has 0 saturated heterocycles. The van der Waals surface area contributed by atoms with Gasteiger partial charge in [-0.3, -0.25) is 19.9 Å². The Kier molecular flexibility index (Phi) is 5.14. The number of carbonyl (C=O) groups is 2. The Morgan fingerprint density at radius 1 is 1.19 bits per heavy atom. The quantitative estimate of drug-likeness (QED) is 0.866. The summed E-state index contributed by atoms with van der Waals surface area (Å²) in [6, 6.07) is 16.9. The number of nitrogens with zero attached hydrogens (tertiary/aromatic N) is 2. The first-order chi connectivity index (χ1) is 12.5. The molecule has 6 nitrogen and oxygen atoms in total. The van der Waals surface area contributed by atoms with Gasteiger partial charge in [0.2, 0.25) is 0 Å². The van der Waals surface area contributed by atoms with E-state index in [9.17, 15) is 9.59 Å². The number of carbonyl (C=O) groups excluding carboxylic acids is 1. The number of carboxylic acids is 1. The lowest BCUT2D eigenvalue weighted by Gasteiger charge is -2.22. The molecule has 1 aliphatic heterocycles. The van der Waals surface area contributed by atoms with Gasteiger partial charge in [0.15, 0.2) is 6.17 Å². The number of aliphatic imine (C=N–C) groups is 1. The van der Waals surface area contributed by atoms with E-state index in [0.29, 0.717) is 5.71 Å². The third kappa shape index (κ3) is 3.65. The van der Waals surface area contributed by atoms with Gasteiger partial charge in [0.25, 0.3) is 5.91 Å². The average Bonchev–Trinajstić information content (AvgIpc) is 2.73. The highest BCUT2D eigenvalue weighted by Crippen LogP contribution is 2.27. The van der Waals surface area contributed by atoms with Crippen LogP contribution in [0.3, 0.4) is 0 Å². The summed E-state index contributed by atoms with van der Waals surface area (Å²) < 4.78 is 0. The molecule has 2 aromatic carbocycles. The number of amides is 1. The van der Waals surface area contributed by atoms with Crippen LogP contribution in [0.5, 0.6) is 0 Å². The second kappa shape index (κ2) is 7.49. The number of likely N-dealkylation sites (N-methyl/N-ethyl adjacent to an activating group) is 1. The number of para-hydroxylation sites is 1. The number of hydrogen-bond acceptors (Lipinski definition) is 4. The topological polar surface area (TPSA) is 82.0 Å². The van der Waals surface area contributed by atoms with Crippen molar-refractivity contribution in [3.63, 3.8) is 0 Å². The van der Waals surface area contributed by atoms with Gasteiger partial charge in [-0.05, 0) is 13.0 Å². The van der Waals surface area contributed by atoms with Crippen LogP contribution >= 0.6 is 0 Å². The molecular weight excluding hydrogens is 330 g/mol. The number of nitrogens with one attached hydrogen (secondary N) is 1. The standard InChI is InChI=1S/C20H21N3O3/c1-13(12-17(24)25)21-19-20(26)23(2)16-11-7-6-10-15(16)18(22-19)14-8-4-3-5-9-14/h3-11,13,19,21H,12H2,1-2H3,(H,24,25)/t13-,19+/m0/s1. The van der Waals surface area contributed by atoms with Crippen molar-refractivity contribution in [3.8, 4) is 0 Å². The SMILES string of the molecule is C[C@@H](CC(=O)O)N[C@@H]1N=C(c2ccccc2)c2ccccc2N(C)C1=O. The van der Waals surface area contributed by atoms with E-state index in [1.807, 2.05) is 54.6 Å². The summed E-state index contributed by atoms with van der Waals surface area (Å²) in [5.74, 6) is -1.14. The monoisotopic (exact) mass is 351 g/mol. The smallest absolute Gasteiger partial charge is 0.304 e. The molecule has 1 amide bonds. The van der Waals surface area contributed by atoms with Crippen molar-refractivity contribution >= 4 is 23.3 Å². The van der Waals surface area contributed by atoms with Gasteiger partial charge in [-0.25, -0.2) is 0 Å². The van der Waals surface area contributed by atoms with Gasteiger partial charge in [-0.1, -0.05) is 48.5 Å². The van der Waals surface area contributed by atoms with Crippen LogP contribution in [0.15, 0.2) is 59.6 Å². The number of fused-ring (bicyclic) bond motifs is 1. The number of hydrogen-bond donors (Lipinski definition) is 2. The van der Waals surface area contributed by atoms with E-state index in [1.54, 1.807) is 18.9 Å². The molecule has 26 heavy (non-hydrogen) atoms. The highest BCUT2D eigenvalue weighted by Gasteiger charge is 2.30. The molecule has 1 aliphatic rings. The van der Waals surface area contributed by atoms with E-state index in [-0.39, 0.29) is 12.3 Å². The number of benzodiazepines with no additional fused rings is 1. The lowest BCUT2D eigenvalue weighted by atomic mass is 10.0. The summed E-state index contributed by atoms with van der Waals surface area (Å²) in [5.41, 5.74) is 3.25. The minimum absolute atomic E-state index is 0.0867. The van der Waals surface area contributed by atoms with Crippen molar-refractivity contribution in [3.05, 3.63) is 65.7 Å². The second-order valence-corrected chi connectivity index (χ2v) is 6.33. The molecule has 0 spiro atoms. The van der Waals surface area contributed by atoms with E-state index in [4.69, 9.17) is 5.11 Å². The Morgan fingerprint density at radius 2 is 1.85 bits per heavy atom. The van der Waals surface area contributed by atoms with E-state index < -0.39 is 18.2 Å². The highest BCUT2D eigenvalue weighted by atomic mass is 16.4. The van der Waals surface area contributed by atoms with Gasteiger partial charge >= 0.3 is 5.97 Å². The fraction of sp³-hybridized carbons (Fsp3) is 0.250. The summed E-state index contributed by atoms with van der Waals surface area (Å²) in [6.45, 7) is 1.73. The zero-order valence-corrected chi connectivity index (χ0v) is 14.7. The van der Waals surface area contributed by atoms with Crippen molar-refractivity contribution in [1.29, 1.82) is 0 Å². The van der Waals surface area contributed by atoms with Crippen LogP contribution in [0, 0.1) is 0 Å². The van der Waals surface area contributed by atoms with Crippen molar-refractivity contribution < 1.29 is 14.7 Å². The van der Waals surface area contributed by atoms with Gasteiger partial charge in [0, 0.05) is 24.2 Å². The molecule has 2 atom stereocenters. The van der Waals surface area contributed by atoms with Crippen LogP contribution < -0.4 is 10.2 Å². The first kappa shape index (κ1) is 17.8. The molecule has 0 radical (unpaired) electrons. The maximum atomic E-state index is 12.9. The van der Waals surface area contributed by atoms with Crippen molar-refractivity contribution in [2.24, 2.45) is 4.99 Å². The van der Waals surface area contributed by atoms with Crippen LogP contribution in [0.2, 0.25) is 0 Å². The Bertz CT molecular complexity index is 848. The van der Waals surface area contributed by atoms with Crippen LogP contribution in [0.25, 0.3) is 0 Å². The Labute approximate surface area is 152 Å². The van der Waals surface area contributed by atoms with Gasteiger partial charge in [-0.15, -0.1) is 0 Å². The number of anilines is 1. The lowest BCUT2D eigenvalue weighted by molar-refractivity contribution is -0.137. The summed E-state index contributed by atoms with van der Waals surface area (Å²) in [7, 11) is 1.71. The largest absolute Gasteiger partial charge is 0.481 e. The van der Waals surface area contributed by atoms with Gasteiger partial charge in [0.1, 0.15) is 0 Å². The summed E-state index contributed by atoms with van der Waals surface area (Å²) in [5, 5.41) is 12.0. The third-order valence-corrected chi connectivity index (χ3v) is 4.31. The highest BCUT2D eigenvalue weighted by molar-refractivity contribution is 6.19. The van der Waals surface area contributed by atoms with Crippen LogP contribution in [0.4, 0.5) is 5.69 Å². The normalized spacial score (nSPS) is 17.9. The average molecular weight is 351 g/mol. The molecule has 1 heterocycles. The van der Waals surface area contributed by atoms with Crippen LogP contribution in [0.1, 0.15) is 24.5 Å². The number of rotatable bonds is 5. The molecule has 0 aromatic heterocycles. The molecule has 0 fully saturated rings. The zero-order valence-electron chi connectivity index (χ0n) is 14.7. The number of benzene rings is 2. The number of carboxylic acid groups (broad SMARTS) is 1. The Balaban J connectivity index is 2.07. The van der Waals surface area contributed by atoms with Gasteiger partial charge in [0.05, 0.1) is 17.8 Å². The van der Waals surface area contributed by atoms with Crippen molar-refractivity contribution in [1.82, 2.24) is 5.32 Å². The predicted molar refractivity (Wildman–Crippen MR) is 101 cm³/mol. The third-order valence-electron chi connectivity index (χ3n) is 4.31. The molecular formula is C20H21N3O3. The molecule has 0 bridgehead atoms. The molecule has 0 unspecified atom stereocenters. The minimum atomic E-state index is -0.921. The summed E-state index contributed by atoms with van der Waals surface area (Å²) in [6.07, 6.45) is -0.937. The molecule has 0 aliphatic carbocycles. The first-order valence-electron chi connectivity index (χ1n) is 8.45. The molecule has 0 saturated carbocycles. The zero-order chi connectivity index (χ0) is 18.7. The second-order valence-electron chi connectivity index (χ2n) is 6.33. The lowest BCUT2D eigenvalue weighted by Crippen LogP contribution is -2.47. The van der Waals surface area contributed by atoms with E-state index >= 15 is 0 Å². The summed E-state index contributed by atoms with van der Waals surface area (Å²) >= 11 is 0. The fourth-order valence-electron chi connectivity index (χ4n) is 3.05. The van der Waals surface area contributed by atoms with Gasteiger partial charge in [-0.2, -0.15) is 0 Å². The van der Waals surface area contributed by atoms with Crippen molar-refractivity contribution in [2.75, 3.05) is 11.9 Å². The Morgan fingerprint density at radius 3 is 2.54 bits per heavy atom. The maximum absolute atomic E-state index is 12.9. The molecule has 2 aromatic rings. The van der Waals surface area contributed by atoms with Crippen LogP contribution in [-0.2, 0) is 9.59 Å². The minimum Gasteiger partial charge on any atom is -0.481 e. The number of aliphatic carboxylic acids is 1. The van der Waals surface area contributed by atoms with E-state index in [0.717, 1.165) is 16.8 Å².